The van der Waals surface area contributed by atoms with Gasteiger partial charge in [0.05, 0.1) is 6.54 Å². The van der Waals surface area contributed by atoms with Crippen LogP contribution in [0.3, 0.4) is 0 Å². The summed E-state index contributed by atoms with van der Waals surface area (Å²) in [7, 11) is 0. The Morgan fingerprint density at radius 3 is 2.68 bits per heavy atom. The van der Waals surface area contributed by atoms with Crippen molar-refractivity contribution in [3.8, 4) is 0 Å². The Labute approximate surface area is 194 Å². The maximum absolute atomic E-state index is 14.2. The summed E-state index contributed by atoms with van der Waals surface area (Å²) >= 11 is 0. The van der Waals surface area contributed by atoms with Crippen molar-refractivity contribution in [3.63, 3.8) is 0 Å². The van der Waals surface area contributed by atoms with Gasteiger partial charge < -0.3 is 15.3 Å². The van der Waals surface area contributed by atoms with Crippen LogP contribution in [0.4, 0.5) is 29.2 Å². The molecule has 1 amide bonds. The first-order valence-corrected chi connectivity index (χ1v) is 11.2. The molecule has 0 bridgehead atoms. The number of anilines is 2. The van der Waals surface area contributed by atoms with Crippen molar-refractivity contribution in [2.75, 3.05) is 18.4 Å². The smallest absolute Gasteiger partial charge is 0.273 e. The predicted octanol–water partition coefficient (Wildman–Crippen LogP) is 3.54. The molecular weight excluding hydrogens is 456 g/mol. The normalized spacial score (nSPS) is 22.8. The number of likely N-dealkylation sites (tertiary alicyclic amines) is 1. The number of aliphatic hydroxyl groups is 1. The van der Waals surface area contributed by atoms with Crippen molar-refractivity contribution in [2.24, 2.45) is 0 Å². The molecule has 2 aliphatic rings. The fourth-order valence-corrected chi connectivity index (χ4v) is 4.32. The van der Waals surface area contributed by atoms with Gasteiger partial charge in [-0.1, -0.05) is 6.07 Å². The van der Waals surface area contributed by atoms with Crippen LogP contribution >= 0.6 is 0 Å². The summed E-state index contributed by atoms with van der Waals surface area (Å²) in [5.74, 6) is -5.96. The zero-order valence-electron chi connectivity index (χ0n) is 18.9. The average molecular weight is 484 g/mol. The van der Waals surface area contributed by atoms with E-state index in [0.29, 0.717) is 17.1 Å². The molecule has 4 N–H and O–H groups in total. The first-order valence-electron chi connectivity index (χ1n) is 11.2. The van der Waals surface area contributed by atoms with E-state index in [0.717, 1.165) is 4.90 Å². The van der Waals surface area contributed by atoms with E-state index < -0.39 is 36.6 Å². The predicted molar refractivity (Wildman–Crippen MR) is 116 cm³/mol. The first kappa shape index (κ1) is 24.4. The highest BCUT2D eigenvalue weighted by atomic mass is 19.3. The van der Waals surface area contributed by atoms with Gasteiger partial charge in [0.25, 0.3) is 11.8 Å². The average Bonchev–Trinajstić information content (AvgIpc) is 3.19. The van der Waals surface area contributed by atoms with E-state index in [9.17, 15) is 27.5 Å². The maximum atomic E-state index is 14.2. The minimum absolute atomic E-state index is 0.0270. The quantitative estimate of drug-likeness (QED) is 0.354. The van der Waals surface area contributed by atoms with Crippen molar-refractivity contribution >= 4 is 17.5 Å². The van der Waals surface area contributed by atoms with Crippen LogP contribution in [0.2, 0.25) is 0 Å². The zero-order chi connectivity index (χ0) is 24.7. The molecule has 186 valence electrons. The third-order valence-electron chi connectivity index (χ3n) is 6.28. The van der Waals surface area contributed by atoms with Gasteiger partial charge >= 0.3 is 0 Å². The summed E-state index contributed by atoms with van der Waals surface area (Å²) in [5.41, 5.74) is 1.13. The largest absolute Gasteiger partial charge is 0.379 e. The number of aryl methyl sites for hydroxylation is 1. The van der Waals surface area contributed by atoms with Crippen molar-refractivity contribution in [1.29, 1.82) is 0 Å². The molecule has 2 aromatic heterocycles. The molecule has 0 aromatic carbocycles. The van der Waals surface area contributed by atoms with Gasteiger partial charge in [0.2, 0.25) is 5.92 Å². The number of halogens is 4. The van der Waals surface area contributed by atoms with E-state index in [-0.39, 0.29) is 49.7 Å². The van der Waals surface area contributed by atoms with Gasteiger partial charge in [-0.15, -0.1) is 0 Å². The lowest BCUT2D eigenvalue weighted by Crippen LogP contribution is -2.55. The molecule has 1 saturated carbocycles. The van der Waals surface area contributed by atoms with Gasteiger partial charge in [0, 0.05) is 49.5 Å². The molecule has 34 heavy (non-hydrogen) atoms. The molecule has 12 heteroatoms. The number of aliphatic hydroxyl groups excluding tert-OH is 1. The molecule has 2 atom stereocenters. The molecule has 1 unspecified atom stereocenters. The number of nitrogens with zero attached hydrogens (tertiary/aromatic N) is 3. The Hall–Kier alpha value is -2.73. The molecule has 2 aromatic rings. The molecule has 1 aliphatic carbocycles. The molecule has 1 aliphatic heterocycles. The summed E-state index contributed by atoms with van der Waals surface area (Å²) < 4.78 is 54.6. The number of rotatable bonds is 7. The fourth-order valence-electron chi connectivity index (χ4n) is 4.32. The fraction of sp³-hybridized carbons (Fsp3) is 0.591. The Morgan fingerprint density at radius 2 is 2.00 bits per heavy atom. The van der Waals surface area contributed by atoms with Gasteiger partial charge in [0.1, 0.15) is 17.7 Å². The number of hydrogen-bond acceptors (Lipinski definition) is 6. The second kappa shape index (κ2) is 9.14. The lowest BCUT2D eigenvalue weighted by molar-refractivity contribution is -0.0876. The molecule has 3 heterocycles. The third-order valence-corrected chi connectivity index (χ3v) is 6.28. The number of hydrogen-bond donors (Lipinski definition) is 4. The number of piperidine rings is 1. The van der Waals surface area contributed by atoms with E-state index in [4.69, 9.17) is 0 Å². The number of nitrogens with one attached hydrogen (secondary N) is 3. The number of amides is 1. The summed E-state index contributed by atoms with van der Waals surface area (Å²) in [6.07, 6.45) is -1.56. The van der Waals surface area contributed by atoms with E-state index in [1.165, 1.54) is 6.92 Å². The Kier molecular flexibility index (Phi) is 6.56. The van der Waals surface area contributed by atoms with E-state index in [1.807, 2.05) is 0 Å². The highest BCUT2D eigenvalue weighted by molar-refractivity contribution is 5.94. The third kappa shape index (κ3) is 5.49. The van der Waals surface area contributed by atoms with E-state index in [2.05, 4.69) is 25.8 Å². The second-order valence-corrected chi connectivity index (χ2v) is 9.22. The van der Waals surface area contributed by atoms with Gasteiger partial charge in [-0.3, -0.25) is 15.2 Å². The van der Waals surface area contributed by atoms with Crippen LogP contribution in [0.25, 0.3) is 0 Å². The Balaban J connectivity index is 1.50. The topological polar surface area (TPSA) is 106 Å². The maximum Gasteiger partial charge on any atom is 0.273 e. The highest BCUT2D eigenvalue weighted by Crippen LogP contribution is 2.48. The van der Waals surface area contributed by atoms with Gasteiger partial charge in [0.15, 0.2) is 5.82 Å². The summed E-state index contributed by atoms with van der Waals surface area (Å²) in [5, 5.41) is 22.0. The highest BCUT2D eigenvalue weighted by Gasteiger charge is 2.46. The second-order valence-electron chi connectivity index (χ2n) is 9.22. The summed E-state index contributed by atoms with van der Waals surface area (Å²) in [6.45, 7) is 2.62. The first-order chi connectivity index (χ1) is 15.9. The molecule has 4 rings (SSSR count). The van der Waals surface area contributed by atoms with Gasteiger partial charge in [-0.2, -0.15) is 5.10 Å². The Morgan fingerprint density at radius 1 is 1.26 bits per heavy atom. The molecule has 0 spiro atoms. The number of alkyl halides is 4. The number of pyridine rings is 1. The van der Waals surface area contributed by atoms with Crippen LogP contribution < -0.4 is 10.6 Å². The van der Waals surface area contributed by atoms with E-state index in [1.54, 1.807) is 25.1 Å². The van der Waals surface area contributed by atoms with Crippen LogP contribution in [0.5, 0.6) is 0 Å². The van der Waals surface area contributed by atoms with Crippen molar-refractivity contribution in [2.45, 2.75) is 69.6 Å². The molecule has 0 radical (unpaired) electrons. The minimum atomic E-state index is -3.01. The van der Waals surface area contributed by atoms with Crippen LogP contribution in [0.1, 0.15) is 60.3 Å². The number of carbonyl (C=O) groups is 1. The molecular formula is C22H28F4N6O2. The summed E-state index contributed by atoms with van der Waals surface area (Å²) in [4.78, 5) is 18.7. The van der Waals surface area contributed by atoms with Crippen LogP contribution in [-0.4, -0.2) is 68.3 Å². The number of aromatic nitrogens is 3. The lowest BCUT2D eigenvalue weighted by atomic mass is 9.79. The standard InChI is InChI=1S/C22H28F4N6O2/c1-12-3-4-17(28-18-7-16(30-31-18)14-8-22(25,26)9-14)29-19(12)20(34)32-11-21(23,24)6-5-15(32)10-27-13(2)33/h3-4,7,13-15,27,33H,5-6,8-11H2,1-2H3,(H2,28,29,30,31)/t13?,15-/m1/s1. The lowest BCUT2D eigenvalue weighted by Gasteiger charge is -2.39. The minimum Gasteiger partial charge on any atom is -0.379 e. The van der Waals surface area contributed by atoms with Crippen molar-refractivity contribution in [1.82, 2.24) is 25.4 Å². The van der Waals surface area contributed by atoms with Crippen molar-refractivity contribution < 1.29 is 27.5 Å². The van der Waals surface area contributed by atoms with Crippen LogP contribution in [-0.2, 0) is 0 Å². The summed E-state index contributed by atoms with van der Waals surface area (Å²) in [6, 6.07) is 4.36. The van der Waals surface area contributed by atoms with Gasteiger partial charge in [-0.25, -0.2) is 22.5 Å². The molecule has 8 nitrogen and oxygen atoms in total. The molecule has 2 fully saturated rings. The number of H-pyrrole nitrogens is 1. The van der Waals surface area contributed by atoms with Crippen LogP contribution in [0, 0.1) is 6.92 Å². The van der Waals surface area contributed by atoms with Crippen LogP contribution in [0.15, 0.2) is 18.2 Å². The monoisotopic (exact) mass is 484 g/mol. The SMILES string of the molecule is Cc1ccc(Nc2cc(C3CC(F)(F)C3)[nH]n2)nc1C(=O)N1CC(F)(F)CC[C@@H]1CNC(C)O. The zero-order valence-corrected chi connectivity index (χ0v) is 18.9. The van der Waals surface area contributed by atoms with Crippen molar-refractivity contribution in [3.05, 3.63) is 35.2 Å². The number of carbonyl (C=O) groups excluding carboxylic acids is 1. The van der Waals surface area contributed by atoms with E-state index >= 15 is 0 Å². The Bertz CT molecular complexity index is 1030. The number of aromatic amines is 1. The van der Waals surface area contributed by atoms with Gasteiger partial charge in [-0.05, 0) is 31.9 Å². The molecule has 1 saturated heterocycles.